The van der Waals surface area contributed by atoms with Gasteiger partial charge in [-0.15, -0.1) is 0 Å². The topological polar surface area (TPSA) is 41.6 Å². The van der Waals surface area contributed by atoms with Crippen LogP contribution in [0, 0.1) is 18.3 Å². The number of nitrogens with zero attached hydrogens (tertiary/aromatic N) is 3. The lowest BCUT2D eigenvalue weighted by molar-refractivity contribution is 1.02. The molecule has 0 saturated carbocycles. The van der Waals surface area contributed by atoms with E-state index in [4.69, 9.17) is 16.9 Å². The normalized spacial score (nSPS) is 19.4. The molecule has 0 N–H and O–H groups in total. The van der Waals surface area contributed by atoms with E-state index in [9.17, 15) is 0 Å². The van der Waals surface area contributed by atoms with Gasteiger partial charge in [0.05, 0.1) is 23.0 Å². The van der Waals surface area contributed by atoms with Crippen molar-refractivity contribution in [1.29, 1.82) is 5.26 Å². The van der Waals surface area contributed by atoms with Crippen molar-refractivity contribution < 1.29 is 0 Å². The van der Waals surface area contributed by atoms with Gasteiger partial charge in [-0.3, -0.25) is 0 Å². The monoisotopic (exact) mass is 321 g/mol. The zero-order valence-corrected chi connectivity index (χ0v) is 13.6. The number of hydrogen-bond donors (Lipinski definition) is 0. The summed E-state index contributed by atoms with van der Waals surface area (Å²) in [5.41, 5.74) is 4.81. The fraction of sp³-hybridized carbons (Fsp3) is 0.158. The molecule has 1 aliphatic carbocycles. The molecule has 1 aliphatic rings. The number of nitriles is 1. The molecule has 3 rings (SSSR count). The van der Waals surface area contributed by atoms with Crippen molar-refractivity contribution in [3.05, 3.63) is 76.9 Å². The zero-order valence-electron chi connectivity index (χ0n) is 12.8. The van der Waals surface area contributed by atoms with E-state index in [2.05, 4.69) is 23.2 Å². The second kappa shape index (κ2) is 6.68. The number of imidazole rings is 1. The maximum atomic E-state index is 9.02. The Morgan fingerprint density at radius 2 is 2.09 bits per heavy atom. The van der Waals surface area contributed by atoms with E-state index in [-0.39, 0.29) is 0 Å². The van der Waals surface area contributed by atoms with Crippen LogP contribution in [0.3, 0.4) is 0 Å². The van der Waals surface area contributed by atoms with Gasteiger partial charge in [0.2, 0.25) is 0 Å². The van der Waals surface area contributed by atoms with Crippen LogP contribution in [0.5, 0.6) is 0 Å². The Kier molecular flexibility index (Phi) is 4.45. The van der Waals surface area contributed by atoms with Gasteiger partial charge in [0, 0.05) is 18.1 Å². The molecule has 1 aromatic carbocycles. The van der Waals surface area contributed by atoms with Gasteiger partial charge in [0.25, 0.3) is 0 Å². The molecule has 0 amide bonds. The zero-order chi connectivity index (χ0) is 16.2. The summed E-state index contributed by atoms with van der Waals surface area (Å²) in [6.45, 7) is 2.01. The van der Waals surface area contributed by atoms with Crippen LogP contribution in [0.4, 0.5) is 0 Å². The van der Waals surface area contributed by atoms with Crippen LogP contribution in [0.25, 0.3) is 11.3 Å². The first kappa shape index (κ1) is 15.3. The van der Waals surface area contributed by atoms with Crippen LogP contribution in [0.15, 0.2) is 60.2 Å². The van der Waals surface area contributed by atoms with Gasteiger partial charge in [-0.2, -0.15) is 5.26 Å². The summed E-state index contributed by atoms with van der Waals surface area (Å²) in [5.74, 6) is 0. The first-order valence-corrected chi connectivity index (χ1v) is 7.84. The highest BCUT2D eigenvalue weighted by Crippen LogP contribution is 2.32. The van der Waals surface area contributed by atoms with Gasteiger partial charge < -0.3 is 4.57 Å². The van der Waals surface area contributed by atoms with Gasteiger partial charge >= 0.3 is 0 Å². The lowest BCUT2D eigenvalue weighted by Gasteiger charge is -2.14. The molecule has 1 aromatic heterocycles. The quantitative estimate of drug-likeness (QED) is 0.789. The fourth-order valence-corrected chi connectivity index (χ4v) is 2.98. The number of aromatic nitrogens is 2. The van der Waals surface area contributed by atoms with Crippen LogP contribution in [0.1, 0.15) is 29.5 Å². The number of halogens is 1. The average Bonchev–Trinajstić information content (AvgIpc) is 3.06. The van der Waals surface area contributed by atoms with Crippen molar-refractivity contribution >= 4 is 22.9 Å². The van der Waals surface area contributed by atoms with Crippen molar-refractivity contribution in [2.24, 2.45) is 0 Å². The van der Waals surface area contributed by atoms with E-state index in [1.807, 2.05) is 42.0 Å². The Bertz CT molecular complexity index is 849. The summed E-state index contributed by atoms with van der Waals surface area (Å²) in [6.07, 6.45) is 13.6. The largest absolute Gasteiger partial charge is 0.307 e. The predicted molar refractivity (Wildman–Crippen MR) is 93.5 cm³/mol. The number of rotatable bonds is 2. The average molecular weight is 322 g/mol. The van der Waals surface area contributed by atoms with E-state index in [0.29, 0.717) is 10.6 Å². The molecular weight excluding hydrogens is 306 g/mol. The summed E-state index contributed by atoms with van der Waals surface area (Å²) in [4.78, 5) is 4.09. The third kappa shape index (κ3) is 3.28. The van der Waals surface area contributed by atoms with Crippen molar-refractivity contribution in [2.75, 3.05) is 0 Å². The number of allylic oxidation sites excluding steroid dienone is 6. The maximum absolute atomic E-state index is 9.02. The fourth-order valence-electron chi connectivity index (χ4n) is 2.69. The van der Waals surface area contributed by atoms with E-state index in [1.54, 1.807) is 12.5 Å². The van der Waals surface area contributed by atoms with E-state index in [0.717, 1.165) is 35.2 Å². The van der Waals surface area contributed by atoms with E-state index in [1.165, 1.54) is 0 Å². The number of hydrogen-bond acceptors (Lipinski definition) is 2. The molecule has 0 unspecified atom stereocenters. The predicted octanol–water partition coefficient (Wildman–Crippen LogP) is 4.90. The molecule has 0 aliphatic heterocycles. The van der Waals surface area contributed by atoms with Gasteiger partial charge in [-0.25, -0.2) is 4.98 Å². The highest BCUT2D eigenvalue weighted by atomic mass is 35.5. The molecule has 4 heteroatoms. The van der Waals surface area contributed by atoms with Crippen LogP contribution < -0.4 is 0 Å². The number of benzene rings is 1. The Morgan fingerprint density at radius 1 is 1.26 bits per heavy atom. The molecule has 1 heterocycles. The Labute approximate surface area is 140 Å². The third-order valence-electron chi connectivity index (χ3n) is 3.85. The summed E-state index contributed by atoms with van der Waals surface area (Å²) >= 11 is 6.60. The van der Waals surface area contributed by atoms with Crippen molar-refractivity contribution in [3.63, 3.8) is 0 Å². The molecule has 2 aromatic rings. The summed E-state index contributed by atoms with van der Waals surface area (Å²) in [5, 5.41) is 9.71. The molecule has 0 radical (unpaired) electrons. The molecule has 3 nitrogen and oxygen atoms in total. The minimum Gasteiger partial charge on any atom is -0.307 e. The first-order chi connectivity index (χ1) is 11.2. The first-order valence-electron chi connectivity index (χ1n) is 7.46. The van der Waals surface area contributed by atoms with E-state index >= 15 is 0 Å². The molecule has 0 saturated heterocycles. The standard InChI is InChI=1S/C19H16ClN3/c1-14-10-15(12-21)6-7-17(14)18-5-3-2-4-16(11-19(18)20)23-9-8-22-13-23/h4-11,13H,2-3H2,1H3/b16-4?,18-5-,19-11+. The molecular formula is C19H16ClN3. The van der Waals surface area contributed by atoms with Gasteiger partial charge in [0.15, 0.2) is 0 Å². The minimum atomic E-state index is 0.664. The lowest BCUT2D eigenvalue weighted by Crippen LogP contribution is -1.97. The van der Waals surface area contributed by atoms with Crippen LogP contribution in [0.2, 0.25) is 0 Å². The highest BCUT2D eigenvalue weighted by molar-refractivity contribution is 6.37. The molecule has 23 heavy (non-hydrogen) atoms. The molecule has 0 bridgehead atoms. The highest BCUT2D eigenvalue weighted by Gasteiger charge is 2.12. The Balaban J connectivity index is 2.02. The van der Waals surface area contributed by atoms with Gasteiger partial charge in [-0.1, -0.05) is 29.8 Å². The van der Waals surface area contributed by atoms with Crippen molar-refractivity contribution in [1.82, 2.24) is 9.55 Å². The Hall–Kier alpha value is -2.57. The van der Waals surface area contributed by atoms with Gasteiger partial charge in [0.1, 0.15) is 0 Å². The van der Waals surface area contributed by atoms with E-state index < -0.39 is 0 Å². The van der Waals surface area contributed by atoms with Crippen molar-refractivity contribution in [3.8, 4) is 6.07 Å². The number of aryl methyl sites for hydroxylation is 1. The smallest absolute Gasteiger partial charge is 0.0991 e. The second-order valence-electron chi connectivity index (χ2n) is 5.43. The molecule has 0 spiro atoms. The lowest BCUT2D eigenvalue weighted by atomic mass is 9.95. The SMILES string of the molecule is Cc1cc(C#N)ccc1C1=C/CCC=C(n2ccnc2)/C=C\1Cl. The summed E-state index contributed by atoms with van der Waals surface area (Å²) in [6, 6.07) is 7.87. The maximum Gasteiger partial charge on any atom is 0.0991 e. The van der Waals surface area contributed by atoms with Crippen molar-refractivity contribution in [2.45, 2.75) is 19.8 Å². The van der Waals surface area contributed by atoms with Crippen LogP contribution >= 0.6 is 11.6 Å². The molecule has 114 valence electrons. The Morgan fingerprint density at radius 3 is 2.78 bits per heavy atom. The minimum absolute atomic E-state index is 0.664. The second-order valence-corrected chi connectivity index (χ2v) is 5.84. The summed E-state index contributed by atoms with van der Waals surface area (Å²) in [7, 11) is 0. The van der Waals surface area contributed by atoms with Crippen LogP contribution in [-0.4, -0.2) is 9.55 Å². The van der Waals surface area contributed by atoms with Crippen LogP contribution in [-0.2, 0) is 0 Å². The molecule has 0 atom stereocenters. The third-order valence-corrected chi connectivity index (χ3v) is 4.16. The van der Waals surface area contributed by atoms with Gasteiger partial charge in [-0.05, 0) is 54.7 Å². The summed E-state index contributed by atoms with van der Waals surface area (Å²) < 4.78 is 1.96. The molecule has 0 fully saturated rings.